The molecule has 0 aliphatic heterocycles. The number of rotatable bonds is 2. The van der Waals surface area contributed by atoms with Gasteiger partial charge in [0.1, 0.15) is 17.5 Å². The number of hydrogen-bond donors (Lipinski definition) is 1. The maximum absolute atomic E-state index is 11.8. The van der Waals surface area contributed by atoms with Gasteiger partial charge in [0.05, 0.1) is 5.69 Å². The number of nitrogens with two attached hydrogens (primary N) is 1. The van der Waals surface area contributed by atoms with Crippen molar-refractivity contribution in [3.05, 3.63) is 16.8 Å². The Morgan fingerprint density at radius 3 is 2.60 bits per heavy atom. The summed E-state index contributed by atoms with van der Waals surface area (Å²) in [4.78, 5) is 4.12. The lowest BCUT2D eigenvalue weighted by Crippen LogP contribution is -2.11. The average molecular weight is 291 g/mol. The summed E-state index contributed by atoms with van der Waals surface area (Å²) in [6.45, 7) is 1.85. The highest BCUT2D eigenvalue weighted by molar-refractivity contribution is 7.90. The molecule has 0 radical (unpaired) electrons. The minimum atomic E-state index is -3.63. The van der Waals surface area contributed by atoms with Crippen LogP contribution in [0.2, 0.25) is 0 Å². The number of nitrogens with zero attached hydrogens (tertiary/aromatic N) is 4. The van der Waals surface area contributed by atoms with E-state index in [0.717, 1.165) is 30.4 Å². The van der Waals surface area contributed by atoms with Crippen LogP contribution in [-0.4, -0.2) is 29.3 Å². The molecular formula is C12H13N5O2S. The molecule has 2 N–H and O–H groups in total. The quantitative estimate of drug-likeness (QED) is 0.817. The first-order valence-electron chi connectivity index (χ1n) is 6.13. The summed E-state index contributed by atoms with van der Waals surface area (Å²) in [5.74, 6) is 0.413. The Kier molecular flexibility index (Phi) is 2.53. The second kappa shape index (κ2) is 3.93. The largest absolute Gasteiger partial charge is 0.382 e. The van der Waals surface area contributed by atoms with Gasteiger partial charge in [-0.1, -0.05) is 0 Å². The summed E-state index contributed by atoms with van der Waals surface area (Å²) in [5.41, 5.74) is 7.88. The van der Waals surface area contributed by atoms with E-state index < -0.39 is 9.84 Å². The summed E-state index contributed by atoms with van der Waals surface area (Å²) < 4.78 is 24.9. The first kappa shape index (κ1) is 12.9. The van der Waals surface area contributed by atoms with Crippen molar-refractivity contribution >= 4 is 21.3 Å². The predicted octanol–water partition coefficient (Wildman–Crippen LogP) is 0.772. The minimum Gasteiger partial charge on any atom is -0.382 e. The van der Waals surface area contributed by atoms with E-state index in [1.54, 1.807) is 0 Å². The van der Waals surface area contributed by atoms with Crippen LogP contribution in [0, 0.1) is 18.3 Å². The molecule has 2 aromatic heterocycles. The molecule has 7 nitrogen and oxygen atoms in total. The van der Waals surface area contributed by atoms with Crippen molar-refractivity contribution in [1.82, 2.24) is 14.6 Å². The molecule has 1 aliphatic carbocycles. The molecule has 20 heavy (non-hydrogen) atoms. The second-order valence-corrected chi connectivity index (χ2v) is 7.01. The maximum Gasteiger partial charge on any atom is 0.194 e. The normalized spacial score (nSPS) is 15.4. The third kappa shape index (κ3) is 1.74. The van der Waals surface area contributed by atoms with E-state index in [2.05, 4.69) is 10.1 Å². The van der Waals surface area contributed by atoms with Crippen LogP contribution >= 0.6 is 0 Å². The number of anilines is 1. The van der Waals surface area contributed by atoms with Crippen LogP contribution < -0.4 is 5.73 Å². The van der Waals surface area contributed by atoms with Crippen molar-refractivity contribution in [1.29, 1.82) is 5.26 Å². The zero-order chi connectivity index (χ0) is 14.7. The first-order chi connectivity index (χ1) is 9.34. The molecule has 8 heteroatoms. The Morgan fingerprint density at radius 2 is 2.10 bits per heavy atom. The van der Waals surface area contributed by atoms with Gasteiger partial charge in [0, 0.05) is 17.7 Å². The lowest BCUT2D eigenvalue weighted by atomic mass is 10.2. The molecule has 1 aliphatic rings. The Bertz CT molecular complexity index is 872. The molecule has 0 bridgehead atoms. The van der Waals surface area contributed by atoms with Crippen molar-refractivity contribution in [2.75, 3.05) is 12.0 Å². The van der Waals surface area contributed by atoms with Crippen LogP contribution in [0.4, 0.5) is 5.82 Å². The van der Waals surface area contributed by atoms with E-state index in [1.165, 1.54) is 4.52 Å². The number of nitriles is 1. The van der Waals surface area contributed by atoms with Crippen molar-refractivity contribution in [2.24, 2.45) is 0 Å². The summed E-state index contributed by atoms with van der Waals surface area (Å²) in [6, 6.07) is 1.81. The fraction of sp³-hybridized carbons (Fsp3) is 0.417. The minimum absolute atomic E-state index is 0.0212. The van der Waals surface area contributed by atoms with Gasteiger partial charge >= 0.3 is 0 Å². The summed E-state index contributed by atoms with van der Waals surface area (Å²) in [5, 5.41) is 13.3. The maximum atomic E-state index is 11.8. The van der Waals surface area contributed by atoms with Gasteiger partial charge in [-0.2, -0.15) is 14.9 Å². The lowest BCUT2D eigenvalue weighted by molar-refractivity contribution is 0.598. The molecule has 0 aromatic carbocycles. The number of sulfone groups is 1. The lowest BCUT2D eigenvalue weighted by Gasteiger charge is -2.06. The zero-order valence-electron chi connectivity index (χ0n) is 11.1. The summed E-state index contributed by atoms with van der Waals surface area (Å²) >= 11 is 0. The summed E-state index contributed by atoms with van der Waals surface area (Å²) in [7, 11) is -3.63. The predicted molar refractivity (Wildman–Crippen MR) is 71.9 cm³/mol. The highest BCUT2D eigenvalue weighted by Crippen LogP contribution is 2.41. The van der Waals surface area contributed by atoms with Gasteiger partial charge in [0.25, 0.3) is 0 Å². The molecule has 0 saturated heterocycles. The highest BCUT2D eigenvalue weighted by atomic mass is 32.2. The standard InChI is InChI=1S/C12H13N5O2S/c1-6-9(7-3-4-7)16-17-10(14)8(5-13)12(15-11(6)17)20(2,18)19/h7H,3-4,14H2,1-2H3. The number of nitrogen functional groups attached to an aromatic ring is 1. The van der Waals surface area contributed by atoms with E-state index in [4.69, 9.17) is 11.0 Å². The molecular weight excluding hydrogens is 278 g/mol. The van der Waals surface area contributed by atoms with E-state index >= 15 is 0 Å². The Balaban J connectivity index is 2.43. The third-order valence-electron chi connectivity index (χ3n) is 3.46. The first-order valence-corrected chi connectivity index (χ1v) is 8.02. The number of hydrogen-bond acceptors (Lipinski definition) is 6. The molecule has 1 fully saturated rings. The number of aromatic nitrogens is 3. The van der Waals surface area contributed by atoms with Crippen LogP contribution in [0.1, 0.15) is 35.6 Å². The Labute approximate surface area is 115 Å². The molecule has 2 heterocycles. The van der Waals surface area contributed by atoms with E-state index in [0.29, 0.717) is 11.6 Å². The molecule has 0 unspecified atom stereocenters. The van der Waals surface area contributed by atoms with Crippen LogP contribution in [0.15, 0.2) is 5.03 Å². The second-order valence-electron chi connectivity index (χ2n) is 5.08. The topological polar surface area (TPSA) is 114 Å². The summed E-state index contributed by atoms with van der Waals surface area (Å²) in [6.07, 6.45) is 3.14. The van der Waals surface area contributed by atoms with Crippen molar-refractivity contribution < 1.29 is 8.42 Å². The van der Waals surface area contributed by atoms with Crippen molar-refractivity contribution in [2.45, 2.75) is 30.7 Å². The average Bonchev–Trinajstić information content (AvgIpc) is 3.14. The molecule has 0 spiro atoms. The van der Waals surface area contributed by atoms with Crippen LogP contribution in [0.3, 0.4) is 0 Å². The smallest absolute Gasteiger partial charge is 0.194 e. The molecule has 1 saturated carbocycles. The van der Waals surface area contributed by atoms with Crippen LogP contribution in [-0.2, 0) is 9.84 Å². The Morgan fingerprint density at radius 1 is 1.45 bits per heavy atom. The zero-order valence-corrected chi connectivity index (χ0v) is 11.9. The van der Waals surface area contributed by atoms with E-state index in [1.807, 2.05) is 13.0 Å². The van der Waals surface area contributed by atoms with Gasteiger partial charge in [-0.25, -0.2) is 13.4 Å². The van der Waals surface area contributed by atoms with Gasteiger partial charge in [-0.15, -0.1) is 0 Å². The van der Waals surface area contributed by atoms with Gasteiger partial charge in [0.15, 0.2) is 20.5 Å². The van der Waals surface area contributed by atoms with E-state index in [-0.39, 0.29) is 16.4 Å². The molecule has 0 amide bonds. The fourth-order valence-electron chi connectivity index (χ4n) is 2.29. The van der Waals surface area contributed by atoms with E-state index in [9.17, 15) is 8.42 Å². The van der Waals surface area contributed by atoms with Crippen LogP contribution in [0.25, 0.3) is 5.65 Å². The van der Waals surface area contributed by atoms with Gasteiger partial charge < -0.3 is 5.73 Å². The van der Waals surface area contributed by atoms with Crippen LogP contribution in [0.5, 0.6) is 0 Å². The van der Waals surface area contributed by atoms with Gasteiger partial charge in [0.2, 0.25) is 0 Å². The van der Waals surface area contributed by atoms with Crippen molar-refractivity contribution in [3.63, 3.8) is 0 Å². The molecule has 2 aromatic rings. The highest BCUT2D eigenvalue weighted by Gasteiger charge is 2.31. The molecule has 3 rings (SSSR count). The third-order valence-corrected chi connectivity index (χ3v) is 4.46. The van der Waals surface area contributed by atoms with Crippen molar-refractivity contribution in [3.8, 4) is 6.07 Å². The van der Waals surface area contributed by atoms with Gasteiger partial charge in [-0.3, -0.25) is 0 Å². The SMILES string of the molecule is Cc1c(C2CC2)nn2c(N)c(C#N)c(S(C)(=O)=O)nc12. The monoisotopic (exact) mass is 291 g/mol. The van der Waals surface area contributed by atoms with Gasteiger partial charge in [-0.05, 0) is 19.8 Å². The number of aryl methyl sites for hydroxylation is 1. The fourth-order valence-corrected chi connectivity index (χ4v) is 3.06. The number of fused-ring (bicyclic) bond motifs is 1. The molecule has 0 atom stereocenters. The molecule has 104 valence electrons. The Hall–Kier alpha value is -2.14.